The van der Waals surface area contributed by atoms with E-state index in [0.29, 0.717) is 23.7 Å². The number of anilines is 2. The van der Waals surface area contributed by atoms with Gasteiger partial charge >= 0.3 is 0 Å². The van der Waals surface area contributed by atoms with E-state index in [1.54, 1.807) is 32.5 Å². The fraction of sp³-hybridized carbons (Fsp3) is 0.364. The van der Waals surface area contributed by atoms with Crippen LogP contribution in [0.3, 0.4) is 0 Å². The molecule has 3 aromatic rings. The lowest BCUT2D eigenvalue weighted by Crippen LogP contribution is -2.41. The number of benzene rings is 1. The summed E-state index contributed by atoms with van der Waals surface area (Å²) in [6.45, 7) is 3.36. The molecular formula is C22H26N6O3. The van der Waals surface area contributed by atoms with Crippen LogP contribution in [0.4, 0.5) is 11.5 Å². The highest BCUT2D eigenvalue weighted by atomic mass is 16.5. The van der Waals surface area contributed by atoms with E-state index in [4.69, 9.17) is 9.47 Å². The van der Waals surface area contributed by atoms with E-state index < -0.39 is 0 Å². The van der Waals surface area contributed by atoms with Crippen LogP contribution in [0.1, 0.15) is 18.7 Å². The molecule has 1 fully saturated rings. The van der Waals surface area contributed by atoms with Crippen LogP contribution in [0, 0.1) is 12.8 Å². The zero-order valence-corrected chi connectivity index (χ0v) is 17.9. The minimum atomic E-state index is -0.140. The molecule has 3 heterocycles. The summed E-state index contributed by atoms with van der Waals surface area (Å²) in [6.07, 6.45) is 5.33. The van der Waals surface area contributed by atoms with E-state index in [1.807, 2.05) is 35.9 Å². The second-order valence-corrected chi connectivity index (χ2v) is 7.44. The molecule has 1 aliphatic rings. The molecule has 1 N–H and O–H groups in total. The third kappa shape index (κ3) is 4.45. The van der Waals surface area contributed by atoms with Gasteiger partial charge in [-0.15, -0.1) is 10.2 Å². The summed E-state index contributed by atoms with van der Waals surface area (Å²) in [4.78, 5) is 19.2. The first-order valence-corrected chi connectivity index (χ1v) is 10.2. The molecule has 9 nitrogen and oxygen atoms in total. The molecule has 1 amide bonds. The highest BCUT2D eigenvalue weighted by Gasteiger charge is 2.27. The summed E-state index contributed by atoms with van der Waals surface area (Å²) in [5, 5.41) is 11.7. The van der Waals surface area contributed by atoms with Gasteiger partial charge in [0.1, 0.15) is 5.82 Å². The lowest BCUT2D eigenvalue weighted by atomic mass is 9.97. The first-order valence-electron chi connectivity index (χ1n) is 10.2. The van der Waals surface area contributed by atoms with Crippen LogP contribution >= 0.6 is 0 Å². The smallest absolute Gasteiger partial charge is 0.229 e. The number of nitrogens with zero attached hydrogens (tertiary/aromatic N) is 5. The molecule has 1 atom stereocenters. The molecule has 2 aromatic heterocycles. The number of aromatic nitrogens is 4. The van der Waals surface area contributed by atoms with E-state index in [0.717, 1.165) is 36.8 Å². The van der Waals surface area contributed by atoms with Crippen molar-refractivity contribution in [2.24, 2.45) is 5.92 Å². The molecule has 31 heavy (non-hydrogen) atoms. The Bertz CT molecular complexity index is 1050. The van der Waals surface area contributed by atoms with Crippen LogP contribution in [-0.2, 0) is 4.79 Å². The Morgan fingerprint density at radius 3 is 2.55 bits per heavy atom. The van der Waals surface area contributed by atoms with E-state index in [9.17, 15) is 4.79 Å². The number of amides is 1. The fourth-order valence-electron chi connectivity index (χ4n) is 3.79. The maximum Gasteiger partial charge on any atom is 0.229 e. The minimum absolute atomic E-state index is 0.0180. The maximum atomic E-state index is 12.9. The molecule has 1 saturated heterocycles. The molecule has 0 spiro atoms. The number of nitrogens with one attached hydrogen (secondary N) is 1. The lowest BCUT2D eigenvalue weighted by molar-refractivity contribution is -0.120. The number of aryl methyl sites for hydroxylation is 1. The van der Waals surface area contributed by atoms with Gasteiger partial charge in [-0.25, -0.2) is 4.98 Å². The van der Waals surface area contributed by atoms with Crippen LogP contribution in [0.25, 0.3) is 5.82 Å². The van der Waals surface area contributed by atoms with Gasteiger partial charge in [-0.3, -0.25) is 9.36 Å². The van der Waals surface area contributed by atoms with Crippen LogP contribution < -0.4 is 19.7 Å². The van der Waals surface area contributed by atoms with Crippen molar-refractivity contribution in [3.05, 3.63) is 48.5 Å². The zero-order valence-electron chi connectivity index (χ0n) is 17.9. The second-order valence-electron chi connectivity index (χ2n) is 7.44. The average molecular weight is 422 g/mol. The van der Waals surface area contributed by atoms with Gasteiger partial charge in [-0.05, 0) is 44.0 Å². The number of rotatable bonds is 6. The summed E-state index contributed by atoms with van der Waals surface area (Å²) in [7, 11) is 3.15. The molecule has 4 rings (SSSR count). The monoisotopic (exact) mass is 422 g/mol. The van der Waals surface area contributed by atoms with Crippen molar-refractivity contribution < 1.29 is 14.3 Å². The molecule has 0 radical (unpaired) electrons. The first kappa shape index (κ1) is 20.6. The third-order valence-corrected chi connectivity index (χ3v) is 5.48. The van der Waals surface area contributed by atoms with Crippen molar-refractivity contribution in [2.75, 3.05) is 37.5 Å². The fourth-order valence-corrected chi connectivity index (χ4v) is 3.79. The number of carbonyl (C=O) groups excluding carboxylic acids is 1. The minimum Gasteiger partial charge on any atom is -0.493 e. The quantitative estimate of drug-likeness (QED) is 0.653. The standard InChI is InChI=1S/C22H26N6O3/c1-15-23-10-12-28(15)21-9-8-20(25-26-21)27-11-4-5-16(14-27)22(29)24-17-6-7-18(30-2)19(13-17)31-3/h6-10,12-13,16H,4-5,11,14H2,1-3H3,(H,24,29). The molecule has 0 saturated carbocycles. The second kappa shape index (κ2) is 9.03. The van der Waals surface area contributed by atoms with Crippen LogP contribution in [0.15, 0.2) is 42.7 Å². The van der Waals surface area contributed by atoms with Gasteiger partial charge in [0.05, 0.1) is 20.1 Å². The maximum absolute atomic E-state index is 12.9. The molecule has 1 aromatic carbocycles. The number of piperidine rings is 1. The van der Waals surface area contributed by atoms with Gasteiger partial charge in [-0.1, -0.05) is 0 Å². The molecule has 0 aliphatic carbocycles. The molecule has 1 aliphatic heterocycles. The number of hydrogen-bond acceptors (Lipinski definition) is 7. The molecule has 9 heteroatoms. The summed E-state index contributed by atoms with van der Waals surface area (Å²) in [5.74, 6) is 3.39. The molecule has 0 bridgehead atoms. The van der Waals surface area contributed by atoms with E-state index in [1.165, 1.54) is 0 Å². The number of methoxy groups -OCH3 is 2. The first-order chi connectivity index (χ1) is 15.1. The Morgan fingerprint density at radius 1 is 1.10 bits per heavy atom. The Balaban J connectivity index is 1.42. The topological polar surface area (TPSA) is 94.4 Å². The number of ether oxygens (including phenoxy) is 2. The van der Waals surface area contributed by atoms with Crippen LogP contribution in [-0.4, -0.2) is 53.0 Å². The van der Waals surface area contributed by atoms with Gasteiger partial charge in [0, 0.05) is 37.2 Å². The van der Waals surface area contributed by atoms with Crippen LogP contribution in [0.5, 0.6) is 11.5 Å². The van der Waals surface area contributed by atoms with E-state index in [2.05, 4.69) is 25.4 Å². The Kier molecular flexibility index (Phi) is 6.01. The average Bonchev–Trinajstić information content (AvgIpc) is 3.25. The summed E-state index contributed by atoms with van der Waals surface area (Å²) in [5.41, 5.74) is 0.680. The van der Waals surface area contributed by atoms with Crippen molar-refractivity contribution in [3.63, 3.8) is 0 Å². The molecule has 1 unspecified atom stereocenters. The highest BCUT2D eigenvalue weighted by molar-refractivity contribution is 5.93. The summed E-state index contributed by atoms with van der Waals surface area (Å²) in [6, 6.07) is 9.21. The Labute approximate surface area is 181 Å². The predicted octanol–water partition coefficient (Wildman–Crippen LogP) is 2.84. The van der Waals surface area contributed by atoms with Crippen molar-refractivity contribution in [1.82, 2.24) is 19.7 Å². The van der Waals surface area contributed by atoms with Gasteiger partial charge in [0.15, 0.2) is 23.1 Å². The van der Waals surface area contributed by atoms with Crippen molar-refractivity contribution in [2.45, 2.75) is 19.8 Å². The van der Waals surface area contributed by atoms with Crippen LogP contribution in [0.2, 0.25) is 0 Å². The third-order valence-electron chi connectivity index (χ3n) is 5.48. The summed E-state index contributed by atoms with van der Waals surface area (Å²) >= 11 is 0. The van der Waals surface area contributed by atoms with Gasteiger partial charge in [0.2, 0.25) is 5.91 Å². The highest BCUT2D eigenvalue weighted by Crippen LogP contribution is 2.30. The van der Waals surface area contributed by atoms with Crippen molar-refractivity contribution in [3.8, 4) is 17.3 Å². The SMILES string of the molecule is COc1ccc(NC(=O)C2CCCN(c3ccc(-n4ccnc4C)nn3)C2)cc1OC. The Morgan fingerprint density at radius 2 is 1.87 bits per heavy atom. The number of carbonyl (C=O) groups is 1. The van der Waals surface area contributed by atoms with Crippen molar-refractivity contribution in [1.29, 1.82) is 0 Å². The van der Waals surface area contributed by atoms with Gasteiger partial charge < -0.3 is 19.7 Å². The van der Waals surface area contributed by atoms with Gasteiger partial charge in [-0.2, -0.15) is 0 Å². The molecular weight excluding hydrogens is 396 g/mol. The number of hydrogen-bond donors (Lipinski definition) is 1. The largest absolute Gasteiger partial charge is 0.493 e. The van der Waals surface area contributed by atoms with E-state index >= 15 is 0 Å². The Hall–Kier alpha value is -3.62. The summed E-state index contributed by atoms with van der Waals surface area (Å²) < 4.78 is 12.5. The number of imidazole rings is 1. The van der Waals surface area contributed by atoms with Crippen molar-refractivity contribution >= 4 is 17.4 Å². The van der Waals surface area contributed by atoms with Gasteiger partial charge in [0.25, 0.3) is 0 Å². The lowest BCUT2D eigenvalue weighted by Gasteiger charge is -2.32. The predicted molar refractivity (Wildman–Crippen MR) is 117 cm³/mol. The zero-order chi connectivity index (χ0) is 21.8. The molecule has 162 valence electrons. The normalized spacial score (nSPS) is 16.1. The van der Waals surface area contributed by atoms with E-state index in [-0.39, 0.29) is 11.8 Å².